The van der Waals surface area contributed by atoms with Gasteiger partial charge in [0, 0.05) is 29.7 Å². The Morgan fingerprint density at radius 1 is 1.06 bits per heavy atom. The molecule has 0 radical (unpaired) electrons. The molecule has 4 rings (SSSR count). The zero-order valence-electron chi connectivity index (χ0n) is 18.6. The first-order chi connectivity index (χ1) is 14.9. The molecular weight excluding hydrogens is 386 g/mol. The molecule has 162 valence electrons. The fraction of sp³-hybridized carbons (Fsp3) is 0.400. The third-order valence-corrected chi connectivity index (χ3v) is 5.78. The summed E-state index contributed by atoms with van der Waals surface area (Å²) < 4.78 is 2.05. The zero-order chi connectivity index (χ0) is 21.8. The molecule has 31 heavy (non-hydrogen) atoms. The average molecular weight is 418 g/mol. The van der Waals surface area contributed by atoms with E-state index in [1.54, 1.807) is 0 Å². The van der Waals surface area contributed by atoms with Crippen molar-refractivity contribution in [2.75, 3.05) is 11.9 Å². The van der Waals surface area contributed by atoms with Crippen molar-refractivity contribution in [2.24, 2.45) is 0 Å². The summed E-state index contributed by atoms with van der Waals surface area (Å²) in [5.74, 6) is 0. The van der Waals surface area contributed by atoms with Gasteiger partial charge in [-0.15, -0.1) is 0 Å². The van der Waals surface area contributed by atoms with Crippen molar-refractivity contribution in [3.8, 4) is 11.4 Å². The van der Waals surface area contributed by atoms with Crippen molar-refractivity contribution in [1.29, 1.82) is 0 Å². The van der Waals surface area contributed by atoms with E-state index >= 15 is 0 Å². The van der Waals surface area contributed by atoms with Crippen LogP contribution in [0.25, 0.3) is 11.4 Å². The first kappa shape index (κ1) is 21.1. The number of amides is 2. The normalized spacial score (nSPS) is 13.5. The Kier molecular flexibility index (Phi) is 6.07. The van der Waals surface area contributed by atoms with Gasteiger partial charge in [-0.2, -0.15) is 5.10 Å². The van der Waals surface area contributed by atoms with Crippen LogP contribution in [0.5, 0.6) is 0 Å². The minimum Gasteiger partial charge on any atom is -0.336 e. The first-order valence-electron chi connectivity index (χ1n) is 11.1. The third-order valence-electron chi connectivity index (χ3n) is 5.78. The molecule has 3 aromatic rings. The molecule has 0 unspecified atom stereocenters. The number of carbonyl (C=O) groups excluding carboxylic acids is 1. The number of urea groups is 1. The quantitative estimate of drug-likeness (QED) is 0.617. The molecule has 6 nitrogen and oxygen atoms in total. The average Bonchev–Trinajstić information content (AvgIpc) is 3.13. The fourth-order valence-corrected chi connectivity index (χ4v) is 4.07. The summed E-state index contributed by atoms with van der Waals surface area (Å²) in [6.07, 6.45) is 6.25. The molecule has 6 heteroatoms. The van der Waals surface area contributed by atoms with Crippen LogP contribution in [-0.2, 0) is 24.8 Å². The lowest BCUT2D eigenvalue weighted by molar-refractivity contribution is 0.251. The van der Waals surface area contributed by atoms with Gasteiger partial charge in [0.25, 0.3) is 0 Å². The zero-order valence-corrected chi connectivity index (χ0v) is 18.6. The molecule has 0 spiro atoms. The van der Waals surface area contributed by atoms with Crippen LogP contribution in [0.3, 0.4) is 0 Å². The van der Waals surface area contributed by atoms with Crippen LogP contribution in [0.1, 0.15) is 50.4 Å². The monoisotopic (exact) mass is 417 g/mol. The molecule has 0 atom stereocenters. The number of anilines is 1. The van der Waals surface area contributed by atoms with Crippen molar-refractivity contribution in [2.45, 2.75) is 58.4 Å². The fourth-order valence-electron chi connectivity index (χ4n) is 4.07. The smallest absolute Gasteiger partial charge is 0.319 e. The second-order valence-corrected chi connectivity index (χ2v) is 9.13. The van der Waals surface area contributed by atoms with Crippen LogP contribution in [0.2, 0.25) is 0 Å². The number of hydrogen-bond acceptors (Lipinski definition) is 3. The van der Waals surface area contributed by atoms with Crippen molar-refractivity contribution in [3.63, 3.8) is 0 Å². The van der Waals surface area contributed by atoms with E-state index in [1.807, 2.05) is 36.5 Å². The number of hydrogen-bond donors (Lipinski definition) is 2. The molecule has 2 N–H and O–H groups in total. The molecule has 1 aliphatic carbocycles. The van der Waals surface area contributed by atoms with Gasteiger partial charge in [-0.1, -0.05) is 39.0 Å². The van der Waals surface area contributed by atoms with Crippen molar-refractivity contribution in [3.05, 3.63) is 65.5 Å². The maximum Gasteiger partial charge on any atom is 0.319 e. The van der Waals surface area contributed by atoms with Crippen molar-refractivity contribution < 1.29 is 4.79 Å². The Morgan fingerprint density at radius 2 is 1.84 bits per heavy atom. The van der Waals surface area contributed by atoms with Crippen LogP contribution in [-0.4, -0.2) is 27.3 Å². The molecule has 1 aromatic carbocycles. The minimum atomic E-state index is -0.200. The van der Waals surface area contributed by atoms with Gasteiger partial charge < -0.3 is 10.6 Å². The Labute approximate surface area is 184 Å². The van der Waals surface area contributed by atoms with Crippen LogP contribution in [0.4, 0.5) is 10.5 Å². The van der Waals surface area contributed by atoms with E-state index in [0.717, 1.165) is 29.9 Å². The summed E-state index contributed by atoms with van der Waals surface area (Å²) in [5.41, 5.74) is 6.63. The van der Waals surface area contributed by atoms with E-state index in [0.29, 0.717) is 13.1 Å². The molecule has 0 aliphatic heterocycles. The summed E-state index contributed by atoms with van der Waals surface area (Å²) in [5, 5.41) is 10.7. The van der Waals surface area contributed by atoms with E-state index in [9.17, 15) is 4.79 Å². The van der Waals surface area contributed by atoms with Gasteiger partial charge in [-0.3, -0.25) is 9.67 Å². The van der Waals surface area contributed by atoms with Gasteiger partial charge >= 0.3 is 6.03 Å². The third kappa shape index (κ3) is 4.95. The summed E-state index contributed by atoms with van der Waals surface area (Å²) in [7, 11) is 0. The van der Waals surface area contributed by atoms with Gasteiger partial charge in [0.15, 0.2) is 0 Å². The maximum atomic E-state index is 12.3. The molecule has 2 heterocycles. The summed E-state index contributed by atoms with van der Waals surface area (Å²) in [4.78, 5) is 16.8. The van der Waals surface area contributed by atoms with E-state index in [4.69, 9.17) is 5.10 Å². The van der Waals surface area contributed by atoms with Gasteiger partial charge in [0.2, 0.25) is 0 Å². The summed E-state index contributed by atoms with van der Waals surface area (Å²) in [6.45, 7) is 7.69. The molecule has 1 aliphatic rings. The number of nitrogens with one attached hydrogen (secondary N) is 2. The number of rotatable bonds is 5. The highest BCUT2D eigenvalue weighted by molar-refractivity contribution is 5.89. The van der Waals surface area contributed by atoms with E-state index in [2.05, 4.69) is 53.2 Å². The molecule has 2 amide bonds. The van der Waals surface area contributed by atoms with Crippen molar-refractivity contribution >= 4 is 11.7 Å². The predicted molar refractivity (Wildman–Crippen MR) is 124 cm³/mol. The van der Waals surface area contributed by atoms with Gasteiger partial charge in [0.05, 0.1) is 12.2 Å². The molecular formula is C25H31N5O. The number of fused-ring (bicyclic) bond motifs is 1. The standard InChI is InChI=1S/C25H31N5O/c1-25(2,3)18-11-13-19(14-12-18)28-24(31)27-16-17-30-22-10-5-4-8-20(22)23(29-30)21-9-6-7-15-26-21/h6-7,9,11-15H,4-5,8,10,16-17H2,1-3H3,(H2,27,28,31). The number of benzene rings is 1. The molecule has 0 saturated carbocycles. The van der Waals surface area contributed by atoms with Crippen molar-refractivity contribution in [1.82, 2.24) is 20.1 Å². The van der Waals surface area contributed by atoms with Crippen LogP contribution in [0, 0.1) is 0 Å². The number of pyridine rings is 1. The second kappa shape index (κ2) is 8.92. The Morgan fingerprint density at radius 3 is 2.55 bits per heavy atom. The summed E-state index contributed by atoms with van der Waals surface area (Å²) in [6, 6.07) is 13.7. The SMILES string of the molecule is CC(C)(C)c1ccc(NC(=O)NCCn2nc(-c3ccccn3)c3c2CCCC3)cc1. The Bertz CT molecular complexity index is 1030. The van der Waals surface area contributed by atoms with E-state index < -0.39 is 0 Å². The second-order valence-electron chi connectivity index (χ2n) is 9.13. The topological polar surface area (TPSA) is 71.8 Å². The lowest BCUT2D eigenvalue weighted by atomic mass is 9.87. The highest BCUT2D eigenvalue weighted by Gasteiger charge is 2.22. The molecule has 0 bridgehead atoms. The predicted octanol–water partition coefficient (Wildman–Crippen LogP) is 4.94. The Hall–Kier alpha value is -3.15. The molecule has 0 saturated heterocycles. The number of nitrogens with zero attached hydrogens (tertiary/aromatic N) is 3. The highest BCUT2D eigenvalue weighted by Crippen LogP contribution is 2.30. The summed E-state index contributed by atoms with van der Waals surface area (Å²) >= 11 is 0. The van der Waals surface area contributed by atoms with Gasteiger partial charge in [-0.25, -0.2) is 4.79 Å². The lowest BCUT2D eigenvalue weighted by Gasteiger charge is -2.19. The van der Waals surface area contributed by atoms with Crippen LogP contribution >= 0.6 is 0 Å². The molecule has 0 fully saturated rings. The van der Waals surface area contributed by atoms with Gasteiger partial charge in [0.1, 0.15) is 5.69 Å². The number of aromatic nitrogens is 3. The van der Waals surface area contributed by atoms with Crippen LogP contribution < -0.4 is 10.6 Å². The maximum absolute atomic E-state index is 12.3. The number of carbonyl (C=O) groups is 1. The first-order valence-corrected chi connectivity index (χ1v) is 11.1. The Balaban J connectivity index is 1.37. The minimum absolute atomic E-state index is 0.0951. The molecule has 2 aromatic heterocycles. The van der Waals surface area contributed by atoms with E-state index in [1.165, 1.54) is 29.7 Å². The van der Waals surface area contributed by atoms with E-state index in [-0.39, 0.29) is 11.4 Å². The highest BCUT2D eigenvalue weighted by atomic mass is 16.2. The lowest BCUT2D eigenvalue weighted by Crippen LogP contribution is -2.32. The van der Waals surface area contributed by atoms with Crippen LogP contribution in [0.15, 0.2) is 48.7 Å². The van der Waals surface area contributed by atoms with Gasteiger partial charge in [-0.05, 0) is 60.9 Å². The largest absolute Gasteiger partial charge is 0.336 e.